The lowest BCUT2D eigenvalue weighted by Gasteiger charge is -2.19. The molecule has 1 amide bonds. The Hall–Kier alpha value is -2.58. The highest BCUT2D eigenvalue weighted by Crippen LogP contribution is 2.29. The topological polar surface area (TPSA) is 76.1 Å². The van der Waals surface area contributed by atoms with Crippen molar-refractivity contribution in [2.45, 2.75) is 23.5 Å². The average Bonchev–Trinajstić information content (AvgIpc) is 3.18. The first-order valence-electron chi connectivity index (χ1n) is 8.68. The molecule has 0 saturated carbocycles. The number of benzene rings is 2. The number of thiazole rings is 1. The molecule has 3 rings (SSSR count). The zero-order valence-electron chi connectivity index (χ0n) is 15.1. The zero-order chi connectivity index (χ0) is 20.1. The summed E-state index contributed by atoms with van der Waals surface area (Å²) < 4.78 is 39.6. The minimum atomic E-state index is -3.84. The van der Waals surface area contributed by atoms with Gasteiger partial charge in [0, 0.05) is 6.54 Å². The van der Waals surface area contributed by atoms with Crippen LogP contribution in [0.4, 0.5) is 4.39 Å². The van der Waals surface area contributed by atoms with E-state index in [9.17, 15) is 17.6 Å². The number of hydrogen-bond acceptors (Lipinski definition) is 5. The number of halogens is 1. The Bertz CT molecular complexity index is 1050. The minimum absolute atomic E-state index is 0.00374. The number of carbonyl (C=O) groups excluding carboxylic acids is 1. The number of nitrogens with zero attached hydrogens (tertiary/aromatic N) is 1. The molecule has 3 aromatic rings. The van der Waals surface area contributed by atoms with Crippen molar-refractivity contribution in [3.8, 4) is 0 Å². The Morgan fingerprint density at radius 3 is 2.46 bits per heavy atom. The van der Waals surface area contributed by atoms with Crippen LogP contribution >= 0.6 is 11.3 Å². The van der Waals surface area contributed by atoms with Crippen molar-refractivity contribution in [1.82, 2.24) is 10.3 Å². The number of hydrogen-bond donors (Lipinski definition) is 1. The van der Waals surface area contributed by atoms with Crippen molar-refractivity contribution in [2.24, 2.45) is 0 Å². The lowest BCUT2D eigenvalue weighted by molar-refractivity contribution is 0.0956. The third kappa shape index (κ3) is 4.28. The van der Waals surface area contributed by atoms with Crippen LogP contribution in [0.2, 0.25) is 0 Å². The Morgan fingerprint density at radius 2 is 1.82 bits per heavy atom. The van der Waals surface area contributed by atoms with Gasteiger partial charge >= 0.3 is 0 Å². The lowest BCUT2D eigenvalue weighted by Crippen LogP contribution is -2.32. The summed E-state index contributed by atoms with van der Waals surface area (Å²) in [7, 11) is -3.84. The number of amides is 1. The molecule has 1 unspecified atom stereocenters. The number of carbonyl (C=O) groups is 1. The maximum absolute atomic E-state index is 13.2. The van der Waals surface area contributed by atoms with Crippen molar-refractivity contribution < 1.29 is 17.6 Å². The van der Waals surface area contributed by atoms with Gasteiger partial charge in [-0.15, -0.1) is 11.3 Å². The van der Waals surface area contributed by atoms with Crippen LogP contribution in [0.5, 0.6) is 0 Å². The van der Waals surface area contributed by atoms with E-state index in [-0.39, 0.29) is 17.3 Å². The molecule has 5 nitrogen and oxygen atoms in total. The number of rotatable bonds is 7. The van der Waals surface area contributed by atoms with Crippen molar-refractivity contribution in [3.63, 3.8) is 0 Å². The fourth-order valence-electron chi connectivity index (χ4n) is 2.83. The summed E-state index contributed by atoms with van der Waals surface area (Å²) in [6.45, 7) is 1.79. The predicted octanol–water partition coefficient (Wildman–Crippen LogP) is 3.79. The highest BCUT2D eigenvalue weighted by molar-refractivity contribution is 7.91. The third-order valence-corrected chi connectivity index (χ3v) is 7.30. The third-order valence-electron chi connectivity index (χ3n) is 4.32. The van der Waals surface area contributed by atoms with Gasteiger partial charge in [-0.3, -0.25) is 4.79 Å². The molecule has 0 spiro atoms. The average molecular weight is 419 g/mol. The Kier molecular flexibility index (Phi) is 6.21. The first kappa shape index (κ1) is 20.2. The second-order valence-electron chi connectivity index (χ2n) is 6.09. The second kappa shape index (κ2) is 8.62. The molecule has 0 bridgehead atoms. The minimum Gasteiger partial charge on any atom is -0.350 e. The van der Waals surface area contributed by atoms with Crippen LogP contribution in [-0.2, 0) is 16.3 Å². The lowest BCUT2D eigenvalue weighted by atomic mass is 10.1. The van der Waals surface area contributed by atoms with Crippen molar-refractivity contribution in [1.29, 1.82) is 0 Å². The molecular weight excluding hydrogens is 399 g/mol. The maximum Gasteiger partial charge on any atom is 0.263 e. The molecule has 0 aliphatic heterocycles. The molecular formula is C20H19FN2O3S2. The SMILES string of the molecule is CCc1ncsc1C(=O)NCC(c1ccccc1)S(=O)(=O)c1ccc(F)cc1. The van der Waals surface area contributed by atoms with Gasteiger partial charge in [0.2, 0.25) is 0 Å². The smallest absolute Gasteiger partial charge is 0.263 e. The summed E-state index contributed by atoms with van der Waals surface area (Å²) in [4.78, 5) is 17.2. The van der Waals surface area contributed by atoms with Gasteiger partial charge in [-0.25, -0.2) is 17.8 Å². The van der Waals surface area contributed by atoms with E-state index in [2.05, 4.69) is 10.3 Å². The molecule has 0 aliphatic carbocycles. The van der Waals surface area contributed by atoms with Gasteiger partial charge in [0.1, 0.15) is 15.9 Å². The first-order valence-corrected chi connectivity index (χ1v) is 11.1. The molecule has 0 aliphatic rings. The van der Waals surface area contributed by atoms with E-state index in [0.717, 1.165) is 12.1 Å². The van der Waals surface area contributed by atoms with Crippen LogP contribution in [0, 0.1) is 5.82 Å². The zero-order valence-corrected chi connectivity index (χ0v) is 16.8. The number of sulfone groups is 1. The quantitative estimate of drug-likeness (QED) is 0.593. The molecule has 8 heteroatoms. The molecule has 146 valence electrons. The fourth-order valence-corrected chi connectivity index (χ4v) is 5.29. The second-order valence-corrected chi connectivity index (χ2v) is 9.08. The van der Waals surface area contributed by atoms with E-state index in [4.69, 9.17) is 0 Å². The van der Waals surface area contributed by atoms with Gasteiger partial charge in [0.25, 0.3) is 5.91 Å². The fraction of sp³-hybridized carbons (Fsp3) is 0.200. The van der Waals surface area contributed by atoms with Crippen LogP contribution in [0.1, 0.15) is 33.1 Å². The van der Waals surface area contributed by atoms with E-state index in [1.54, 1.807) is 35.8 Å². The van der Waals surface area contributed by atoms with Gasteiger partial charge in [-0.2, -0.15) is 0 Å². The van der Waals surface area contributed by atoms with Gasteiger partial charge in [0.15, 0.2) is 9.84 Å². The summed E-state index contributed by atoms with van der Waals surface area (Å²) in [6.07, 6.45) is 0.613. The summed E-state index contributed by atoms with van der Waals surface area (Å²) >= 11 is 1.22. The van der Waals surface area contributed by atoms with Gasteiger partial charge < -0.3 is 5.32 Å². The first-order chi connectivity index (χ1) is 13.4. The van der Waals surface area contributed by atoms with Gasteiger partial charge in [-0.05, 0) is 36.2 Å². The molecule has 28 heavy (non-hydrogen) atoms. The van der Waals surface area contributed by atoms with Gasteiger partial charge in [-0.1, -0.05) is 37.3 Å². The van der Waals surface area contributed by atoms with E-state index in [0.29, 0.717) is 22.6 Å². The predicted molar refractivity (Wildman–Crippen MR) is 107 cm³/mol. The molecule has 0 saturated heterocycles. The Balaban J connectivity index is 1.90. The van der Waals surface area contributed by atoms with E-state index < -0.39 is 20.9 Å². The summed E-state index contributed by atoms with van der Waals surface area (Å²) in [5.41, 5.74) is 2.82. The van der Waals surface area contributed by atoms with Crippen molar-refractivity contribution in [2.75, 3.05) is 6.54 Å². The standard InChI is InChI=1S/C20H19FN2O3S2/c1-2-17-19(27-13-23-17)20(24)22-12-18(14-6-4-3-5-7-14)28(25,26)16-10-8-15(21)9-11-16/h3-11,13,18H,2,12H2,1H3,(H,22,24). The van der Waals surface area contributed by atoms with Crippen molar-refractivity contribution in [3.05, 3.63) is 82.1 Å². The molecule has 1 heterocycles. The summed E-state index contributed by atoms with van der Waals surface area (Å²) in [5.74, 6) is -0.865. The highest BCUT2D eigenvalue weighted by atomic mass is 32.2. The highest BCUT2D eigenvalue weighted by Gasteiger charge is 2.30. The van der Waals surface area contributed by atoms with Crippen LogP contribution in [0.25, 0.3) is 0 Å². The van der Waals surface area contributed by atoms with Crippen LogP contribution in [0.15, 0.2) is 65.0 Å². The van der Waals surface area contributed by atoms with Gasteiger partial charge in [0.05, 0.1) is 16.1 Å². The van der Waals surface area contributed by atoms with Crippen LogP contribution in [0.3, 0.4) is 0 Å². The number of nitrogens with one attached hydrogen (secondary N) is 1. The molecule has 1 N–H and O–H groups in total. The normalized spacial score (nSPS) is 12.5. The van der Waals surface area contributed by atoms with Crippen molar-refractivity contribution >= 4 is 27.1 Å². The van der Waals surface area contributed by atoms with Crippen LogP contribution < -0.4 is 5.32 Å². The number of aryl methyl sites for hydroxylation is 1. The molecule has 0 fully saturated rings. The van der Waals surface area contributed by atoms with E-state index in [1.165, 1.54) is 23.5 Å². The van der Waals surface area contributed by atoms with E-state index in [1.807, 2.05) is 6.92 Å². The van der Waals surface area contributed by atoms with E-state index >= 15 is 0 Å². The molecule has 1 aromatic heterocycles. The monoisotopic (exact) mass is 418 g/mol. The Labute approximate surface area is 167 Å². The Morgan fingerprint density at radius 1 is 1.14 bits per heavy atom. The summed E-state index contributed by atoms with van der Waals surface area (Å²) in [6, 6.07) is 13.3. The maximum atomic E-state index is 13.2. The number of aromatic nitrogens is 1. The van der Waals surface area contributed by atoms with Crippen LogP contribution in [-0.4, -0.2) is 25.9 Å². The molecule has 0 radical (unpaired) electrons. The largest absolute Gasteiger partial charge is 0.350 e. The summed E-state index contributed by atoms with van der Waals surface area (Å²) in [5, 5.41) is 1.72. The molecule has 2 aromatic carbocycles. The molecule has 1 atom stereocenters.